The van der Waals surface area contributed by atoms with Crippen molar-refractivity contribution in [2.75, 3.05) is 0 Å². The molecule has 1 N–H and O–H groups in total. The zero-order valence-electron chi connectivity index (χ0n) is 10.5. The van der Waals surface area contributed by atoms with Gasteiger partial charge in [-0.1, -0.05) is 0 Å². The Morgan fingerprint density at radius 1 is 1.30 bits per heavy atom. The standard InChI is InChI=1S/C13H10N4O3/c1-8-6-12(18)15-13-14-11(7-16(8)13)9-2-4-10(5-3-9)17(19)20/h2-7H,1H3,(H,14,15,18). The second kappa shape index (κ2) is 4.30. The Hall–Kier alpha value is -2.96. The SMILES string of the molecule is Cc1cc(=O)[nH]c2nc(-c3ccc([N+](=O)[O-])cc3)cn12. The molecule has 0 saturated carbocycles. The monoisotopic (exact) mass is 270 g/mol. The number of aromatic amines is 1. The smallest absolute Gasteiger partial charge is 0.269 e. The summed E-state index contributed by atoms with van der Waals surface area (Å²) in [6.45, 7) is 1.81. The second-order valence-corrected chi connectivity index (χ2v) is 4.40. The molecule has 100 valence electrons. The van der Waals surface area contributed by atoms with Gasteiger partial charge in [0.25, 0.3) is 11.2 Å². The molecule has 7 nitrogen and oxygen atoms in total. The molecule has 0 saturated heterocycles. The zero-order valence-corrected chi connectivity index (χ0v) is 10.5. The molecular weight excluding hydrogens is 260 g/mol. The molecular formula is C13H10N4O3. The lowest BCUT2D eigenvalue weighted by molar-refractivity contribution is -0.384. The minimum Gasteiger partial charge on any atom is -0.292 e. The van der Waals surface area contributed by atoms with Gasteiger partial charge < -0.3 is 0 Å². The molecule has 3 rings (SSSR count). The minimum absolute atomic E-state index is 0.0297. The highest BCUT2D eigenvalue weighted by atomic mass is 16.6. The molecule has 0 aliphatic heterocycles. The van der Waals surface area contributed by atoms with Crippen molar-refractivity contribution in [3.63, 3.8) is 0 Å². The number of imidazole rings is 1. The lowest BCUT2D eigenvalue weighted by atomic mass is 10.1. The third-order valence-corrected chi connectivity index (χ3v) is 3.03. The van der Waals surface area contributed by atoms with Crippen molar-refractivity contribution < 1.29 is 4.92 Å². The fraction of sp³-hybridized carbons (Fsp3) is 0.0769. The molecule has 1 aromatic carbocycles. The number of aryl methyl sites for hydroxylation is 1. The number of hydrogen-bond acceptors (Lipinski definition) is 4. The summed E-state index contributed by atoms with van der Waals surface area (Å²) in [4.78, 5) is 28.5. The largest absolute Gasteiger partial charge is 0.292 e. The van der Waals surface area contributed by atoms with Crippen LogP contribution in [0.4, 0.5) is 5.69 Å². The van der Waals surface area contributed by atoms with Gasteiger partial charge in [0.15, 0.2) is 0 Å². The molecule has 2 aromatic heterocycles. The molecule has 3 aromatic rings. The molecule has 0 radical (unpaired) electrons. The molecule has 0 aliphatic carbocycles. The van der Waals surface area contributed by atoms with Gasteiger partial charge in [-0.15, -0.1) is 0 Å². The van der Waals surface area contributed by atoms with Gasteiger partial charge in [-0.25, -0.2) is 4.98 Å². The van der Waals surface area contributed by atoms with Crippen LogP contribution in [0.2, 0.25) is 0 Å². The van der Waals surface area contributed by atoms with E-state index in [0.717, 1.165) is 11.3 Å². The van der Waals surface area contributed by atoms with E-state index < -0.39 is 4.92 Å². The topological polar surface area (TPSA) is 93.3 Å². The third-order valence-electron chi connectivity index (χ3n) is 3.03. The van der Waals surface area contributed by atoms with Crippen LogP contribution in [0.5, 0.6) is 0 Å². The summed E-state index contributed by atoms with van der Waals surface area (Å²) in [6, 6.07) is 7.60. The number of nitrogens with zero attached hydrogens (tertiary/aromatic N) is 3. The summed E-state index contributed by atoms with van der Waals surface area (Å²) in [5.41, 5.74) is 1.98. The Labute approximate surface area is 112 Å². The van der Waals surface area contributed by atoms with Crippen molar-refractivity contribution in [3.8, 4) is 11.3 Å². The van der Waals surface area contributed by atoms with Gasteiger partial charge in [0, 0.05) is 35.7 Å². The van der Waals surface area contributed by atoms with E-state index in [1.807, 2.05) is 6.92 Å². The summed E-state index contributed by atoms with van der Waals surface area (Å²) < 4.78 is 1.76. The molecule has 0 spiro atoms. The van der Waals surface area contributed by atoms with Gasteiger partial charge in [-0.05, 0) is 19.1 Å². The van der Waals surface area contributed by atoms with Crippen LogP contribution in [0.15, 0.2) is 41.3 Å². The van der Waals surface area contributed by atoms with E-state index in [1.54, 1.807) is 22.7 Å². The van der Waals surface area contributed by atoms with Crippen LogP contribution in [0.3, 0.4) is 0 Å². The van der Waals surface area contributed by atoms with E-state index in [1.165, 1.54) is 18.2 Å². The Bertz CT molecular complexity index is 861. The van der Waals surface area contributed by atoms with Crippen LogP contribution < -0.4 is 5.56 Å². The highest BCUT2D eigenvalue weighted by molar-refractivity contribution is 5.63. The summed E-state index contributed by atoms with van der Waals surface area (Å²) in [5.74, 6) is 0.448. The van der Waals surface area contributed by atoms with Crippen LogP contribution in [-0.2, 0) is 0 Å². The summed E-state index contributed by atoms with van der Waals surface area (Å²) in [7, 11) is 0. The molecule has 20 heavy (non-hydrogen) atoms. The van der Waals surface area contributed by atoms with Crippen LogP contribution >= 0.6 is 0 Å². The highest BCUT2D eigenvalue weighted by Gasteiger charge is 2.09. The lowest BCUT2D eigenvalue weighted by Gasteiger charge is -1.96. The first-order valence-corrected chi connectivity index (χ1v) is 5.88. The number of rotatable bonds is 2. The van der Waals surface area contributed by atoms with E-state index in [-0.39, 0.29) is 11.2 Å². The molecule has 7 heteroatoms. The fourth-order valence-electron chi connectivity index (χ4n) is 2.04. The Morgan fingerprint density at radius 2 is 2.00 bits per heavy atom. The maximum atomic E-state index is 11.4. The van der Waals surface area contributed by atoms with E-state index >= 15 is 0 Å². The van der Waals surface area contributed by atoms with Crippen molar-refractivity contribution in [3.05, 3.63) is 62.7 Å². The normalized spacial score (nSPS) is 10.8. The fourth-order valence-corrected chi connectivity index (χ4v) is 2.04. The van der Waals surface area contributed by atoms with Crippen molar-refractivity contribution in [2.24, 2.45) is 0 Å². The van der Waals surface area contributed by atoms with E-state index in [9.17, 15) is 14.9 Å². The number of nitro groups is 1. The summed E-state index contributed by atoms with van der Waals surface area (Å²) >= 11 is 0. The van der Waals surface area contributed by atoms with Gasteiger partial charge in [0.2, 0.25) is 5.78 Å². The predicted molar refractivity (Wildman–Crippen MR) is 72.6 cm³/mol. The second-order valence-electron chi connectivity index (χ2n) is 4.40. The number of aromatic nitrogens is 3. The zero-order chi connectivity index (χ0) is 14.3. The van der Waals surface area contributed by atoms with Crippen molar-refractivity contribution >= 4 is 11.5 Å². The quantitative estimate of drug-likeness (QED) is 0.568. The predicted octanol–water partition coefficient (Wildman–Crippen LogP) is 1.91. The van der Waals surface area contributed by atoms with Crippen LogP contribution in [0, 0.1) is 17.0 Å². The van der Waals surface area contributed by atoms with Crippen LogP contribution in [0.1, 0.15) is 5.69 Å². The maximum absolute atomic E-state index is 11.4. The number of hydrogen-bond donors (Lipinski definition) is 1. The van der Waals surface area contributed by atoms with E-state index in [0.29, 0.717) is 11.5 Å². The Kier molecular flexibility index (Phi) is 2.60. The minimum atomic E-state index is -0.449. The average molecular weight is 270 g/mol. The molecule has 0 unspecified atom stereocenters. The maximum Gasteiger partial charge on any atom is 0.269 e. The van der Waals surface area contributed by atoms with Crippen LogP contribution in [0.25, 0.3) is 17.0 Å². The number of non-ortho nitro benzene ring substituents is 1. The first kappa shape index (κ1) is 12.1. The van der Waals surface area contributed by atoms with Crippen molar-refractivity contribution in [1.29, 1.82) is 0 Å². The third kappa shape index (κ3) is 1.95. The van der Waals surface area contributed by atoms with E-state index in [4.69, 9.17) is 0 Å². The van der Waals surface area contributed by atoms with Gasteiger partial charge in [0.05, 0.1) is 10.6 Å². The first-order chi connectivity index (χ1) is 9.54. The number of nitro benzene ring substituents is 1. The van der Waals surface area contributed by atoms with Crippen LogP contribution in [-0.4, -0.2) is 19.3 Å². The van der Waals surface area contributed by atoms with Gasteiger partial charge >= 0.3 is 0 Å². The highest BCUT2D eigenvalue weighted by Crippen LogP contribution is 2.21. The summed E-state index contributed by atoms with van der Waals surface area (Å²) in [6.07, 6.45) is 1.78. The van der Waals surface area contributed by atoms with Gasteiger partial charge in [0.1, 0.15) is 0 Å². The van der Waals surface area contributed by atoms with Crippen molar-refractivity contribution in [1.82, 2.24) is 14.4 Å². The Balaban J connectivity index is 2.12. The number of H-pyrrole nitrogens is 1. The molecule has 0 bridgehead atoms. The van der Waals surface area contributed by atoms with Gasteiger partial charge in [-0.3, -0.25) is 24.3 Å². The number of benzene rings is 1. The Morgan fingerprint density at radius 3 is 2.65 bits per heavy atom. The number of fused-ring (bicyclic) bond motifs is 1. The van der Waals surface area contributed by atoms with Gasteiger partial charge in [-0.2, -0.15) is 0 Å². The molecule has 0 atom stereocenters. The van der Waals surface area contributed by atoms with E-state index in [2.05, 4.69) is 9.97 Å². The molecule has 2 heterocycles. The molecule has 0 aliphatic rings. The first-order valence-electron chi connectivity index (χ1n) is 5.88. The van der Waals surface area contributed by atoms with Crippen molar-refractivity contribution in [2.45, 2.75) is 6.92 Å². The molecule has 0 fully saturated rings. The number of nitrogens with one attached hydrogen (secondary N) is 1. The lowest BCUT2D eigenvalue weighted by Crippen LogP contribution is -2.08. The molecule has 0 amide bonds. The average Bonchev–Trinajstić information content (AvgIpc) is 2.83. The summed E-state index contributed by atoms with van der Waals surface area (Å²) in [5, 5.41) is 10.6.